The van der Waals surface area contributed by atoms with Crippen LogP contribution in [0.3, 0.4) is 0 Å². The van der Waals surface area contributed by atoms with Crippen molar-refractivity contribution in [3.05, 3.63) is 69.0 Å². The van der Waals surface area contributed by atoms with Crippen LogP contribution in [0.15, 0.2) is 41.7 Å². The first-order valence-corrected chi connectivity index (χ1v) is 13.3. The number of methoxy groups -OCH3 is 1. The standard InChI is InChI=1S/C25H28N4O11S/c1-15-12-26-20(16(2)22(15)36-4)14-41(35)23-27-19-8-7-18(13-30)11-21(19)28(23)24(31)37-9-5-6-10-38-25(32)39-17(3)40-29(33)34/h5-8,11-12,17,30H,9-10,13-14H2,1-4H3/b6-5-. The fourth-order valence-corrected chi connectivity index (χ4v) is 4.93. The molecule has 0 spiro atoms. The van der Waals surface area contributed by atoms with Crippen LogP contribution in [-0.4, -0.2) is 68.1 Å². The van der Waals surface area contributed by atoms with Gasteiger partial charge in [0.15, 0.2) is 5.75 Å². The minimum Gasteiger partial charge on any atom is -0.609 e. The molecule has 0 bridgehead atoms. The topological polar surface area (TPSA) is 197 Å². The van der Waals surface area contributed by atoms with Crippen LogP contribution in [0.4, 0.5) is 9.59 Å². The van der Waals surface area contributed by atoms with Gasteiger partial charge in [0, 0.05) is 28.5 Å². The van der Waals surface area contributed by atoms with Gasteiger partial charge in [-0.3, -0.25) is 9.82 Å². The number of aliphatic hydroxyl groups excluding tert-OH is 1. The molecule has 0 amide bonds. The quantitative estimate of drug-likeness (QED) is 0.0804. The molecule has 3 aromatic rings. The molecule has 0 aliphatic heterocycles. The summed E-state index contributed by atoms with van der Waals surface area (Å²) in [6, 6.07) is 4.77. The summed E-state index contributed by atoms with van der Waals surface area (Å²) in [4.78, 5) is 47.6. The first-order valence-electron chi connectivity index (χ1n) is 12.0. The summed E-state index contributed by atoms with van der Waals surface area (Å²) >= 11 is -1.83. The van der Waals surface area contributed by atoms with Crippen LogP contribution >= 0.6 is 0 Å². The molecular formula is C25H28N4O11S. The number of ether oxygens (including phenoxy) is 4. The maximum absolute atomic E-state index is 13.5. The predicted octanol–water partition coefficient (Wildman–Crippen LogP) is 3.11. The smallest absolute Gasteiger partial charge is 0.510 e. The second kappa shape index (κ2) is 14.3. The van der Waals surface area contributed by atoms with E-state index in [4.69, 9.17) is 14.2 Å². The average molecular weight is 593 g/mol. The van der Waals surface area contributed by atoms with E-state index in [-0.39, 0.29) is 36.2 Å². The molecule has 0 radical (unpaired) electrons. The number of benzene rings is 1. The molecule has 16 heteroatoms. The van der Waals surface area contributed by atoms with Crippen LogP contribution in [0.2, 0.25) is 0 Å². The first kappa shape index (κ1) is 31.1. The fourth-order valence-electron chi connectivity index (χ4n) is 3.68. The number of carbonyl (C=O) groups is 2. The minimum absolute atomic E-state index is 0.0510. The fraction of sp³-hybridized carbons (Fsp3) is 0.360. The van der Waals surface area contributed by atoms with Gasteiger partial charge in [-0.1, -0.05) is 6.07 Å². The number of fused-ring (bicyclic) bond motifs is 1. The van der Waals surface area contributed by atoms with Crippen LogP contribution in [0.5, 0.6) is 5.75 Å². The van der Waals surface area contributed by atoms with E-state index in [0.29, 0.717) is 28.1 Å². The van der Waals surface area contributed by atoms with E-state index < -0.39 is 34.8 Å². The van der Waals surface area contributed by atoms with Gasteiger partial charge in [-0.2, -0.15) is 9.55 Å². The Kier molecular flexibility index (Phi) is 10.8. The second-order valence-electron chi connectivity index (χ2n) is 8.37. The highest BCUT2D eigenvalue weighted by Gasteiger charge is 2.29. The van der Waals surface area contributed by atoms with Gasteiger partial charge in [-0.05, 0) is 50.6 Å². The van der Waals surface area contributed by atoms with E-state index in [1.807, 2.05) is 6.92 Å². The molecule has 15 nitrogen and oxygen atoms in total. The Morgan fingerprint density at radius 1 is 1.22 bits per heavy atom. The van der Waals surface area contributed by atoms with Crippen molar-refractivity contribution in [1.82, 2.24) is 14.5 Å². The summed E-state index contributed by atoms with van der Waals surface area (Å²) in [6.45, 7) is 3.96. The van der Waals surface area contributed by atoms with Gasteiger partial charge >= 0.3 is 17.4 Å². The van der Waals surface area contributed by atoms with Gasteiger partial charge in [-0.15, -0.1) is 10.1 Å². The highest BCUT2D eigenvalue weighted by Crippen LogP contribution is 2.28. The van der Waals surface area contributed by atoms with Gasteiger partial charge in [0.2, 0.25) is 6.29 Å². The van der Waals surface area contributed by atoms with Crippen LogP contribution in [0.25, 0.3) is 11.0 Å². The number of carbonyl (C=O) groups excluding carboxylic acids is 2. The van der Waals surface area contributed by atoms with Gasteiger partial charge in [0.1, 0.15) is 19.0 Å². The third-order valence-electron chi connectivity index (χ3n) is 5.54. The normalized spacial score (nSPS) is 12.6. The van der Waals surface area contributed by atoms with E-state index in [0.717, 1.165) is 17.1 Å². The van der Waals surface area contributed by atoms with Crippen molar-refractivity contribution in [2.24, 2.45) is 0 Å². The number of hydrogen-bond acceptors (Lipinski definition) is 13. The highest BCUT2D eigenvalue weighted by atomic mass is 32.2. The third-order valence-corrected chi connectivity index (χ3v) is 6.76. The predicted molar refractivity (Wildman–Crippen MR) is 142 cm³/mol. The molecule has 2 atom stereocenters. The van der Waals surface area contributed by atoms with Crippen molar-refractivity contribution in [2.75, 3.05) is 20.3 Å². The van der Waals surface area contributed by atoms with Gasteiger partial charge in [-0.25, -0.2) is 9.59 Å². The lowest BCUT2D eigenvalue weighted by Gasteiger charge is -2.14. The molecule has 0 saturated carbocycles. The summed E-state index contributed by atoms with van der Waals surface area (Å²) in [6.07, 6.45) is 0.803. The number of hydrogen-bond donors (Lipinski definition) is 1. The molecule has 3 rings (SSSR count). The lowest BCUT2D eigenvalue weighted by Crippen LogP contribution is -2.21. The molecule has 1 aromatic carbocycles. The molecule has 0 fully saturated rings. The molecule has 0 aliphatic carbocycles. The molecule has 220 valence electrons. The number of aromatic nitrogens is 3. The Bertz CT molecular complexity index is 1440. The molecule has 2 aromatic heterocycles. The summed E-state index contributed by atoms with van der Waals surface area (Å²) < 4.78 is 34.5. The van der Waals surface area contributed by atoms with Gasteiger partial charge in [0.25, 0.3) is 5.09 Å². The Morgan fingerprint density at radius 3 is 2.59 bits per heavy atom. The van der Waals surface area contributed by atoms with Gasteiger partial charge in [0.05, 0.1) is 30.4 Å². The van der Waals surface area contributed by atoms with E-state index >= 15 is 0 Å². The molecule has 0 saturated heterocycles. The Balaban J connectivity index is 1.73. The summed E-state index contributed by atoms with van der Waals surface area (Å²) in [5.41, 5.74) is 3.20. The van der Waals surface area contributed by atoms with Crippen molar-refractivity contribution < 1.29 is 48.1 Å². The number of aliphatic hydroxyl groups is 1. The minimum atomic E-state index is -1.83. The number of imidazole rings is 1. The number of nitrogens with zero attached hydrogens (tertiary/aromatic N) is 4. The van der Waals surface area contributed by atoms with Crippen molar-refractivity contribution in [1.29, 1.82) is 0 Å². The van der Waals surface area contributed by atoms with Crippen LogP contribution < -0.4 is 4.74 Å². The van der Waals surface area contributed by atoms with E-state index in [9.17, 15) is 29.4 Å². The lowest BCUT2D eigenvalue weighted by molar-refractivity contribution is -0.777. The third kappa shape index (κ3) is 8.06. The molecule has 0 aliphatic rings. The highest BCUT2D eigenvalue weighted by molar-refractivity contribution is 7.90. The second-order valence-corrected chi connectivity index (χ2v) is 9.72. The summed E-state index contributed by atoms with van der Waals surface area (Å²) in [7, 11) is 1.53. The Hall–Kier alpha value is -4.41. The number of pyridine rings is 1. The SMILES string of the molecule is COc1c(C)cnc(C[S+]([O-])c2nc3ccc(CO)cc3n2C(=O)OC/C=C\COC(=O)OC(C)O[N+](=O)[O-])c1C. The van der Waals surface area contributed by atoms with Crippen molar-refractivity contribution in [2.45, 2.75) is 44.6 Å². The monoisotopic (exact) mass is 592 g/mol. The first-order chi connectivity index (χ1) is 19.5. The zero-order valence-corrected chi connectivity index (χ0v) is 23.4. The number of aryl methyl sites for hydroxylation is 1. The molecule has 2 heterocycles. The summed E-state index contributed by atoms with van der Waals surface area (Å²) in [5, 5.41) is 18.6. The lowest BCUT2D eigenvalue weighted by atomic mass is 10.1. The Morgan fingerprint density at radius 2 is 1.93 bits per heavy atom. The molecule has 1 N–H and O–H groups in total. The molecule has 2 unspecified atom stereocenters. The summed E-state index contributed by atoms with van der Waals surface area (Å²) in [5.74, 6) is 0.570. The Labute approximate surface area is 236 Å². The zero-order chi connectivity index (χ0) is 30.1. The van der Waals surface area contributed by atoms with E-state index in [2.05, 4.69) is 19.5 Å². The van der Waals surface area contributed by atoms with Crippen LogP contribution in [0, 0.1) is 24.0 Å². The van der Waals surface area contributed by atoms with Crippen LogP contribution in [0.1, 0.15) is 29.3 Å². The maximum Gasteiger partial charge on any atom is 0.510 e. The average Bonchev–Trinajstić information content (AvgIpc) is 3.30. The molecular weight excluding hydrogens is 564 g/mol. The van der Waals surface area contributed by atoms with E-state index in [1.54, 1.807) is 31.3 Å². The van der Waals surface area contributed by atoms with E-state index in [1.165, 1.54) is 19.3 Å². The maximum atomic E-state index is 13.5. The van der Waals surface area contributed by atoms with Crippen LogP contribution in [-0.2, 0) is 42.6 Å². The molecule has 41 heavy (non-hydrogen) atoms. The van der Waals surface area contributed by atoms with Crippen molar-refractivity contribution in [3.63, 3.8) is 0 Å². The zero-order valence-electron chi connectivity index (χ0n) is 22.6. The largest absolute Gasteiger partial charge is 0.609 e. The van der Waals surface area contributed by atoms with Crippen molar-refractivity contribution >= 4 is 34.5 Å². The van der Waals surface area contributed by atoms with Crippen molar-refractivity contribution in [3.8, 4) is 5.75 Å². The van der Waals surface area contributed by atoms with Gasteiger partial charge < -0.3 is 28.6 Å². The number of rotatable bonds is 12.